The number of aryl methyl sites for hydroxylation is 2. The van der Waals surface area contributed by atoms with Crippen molar-refractivity contribution in [2.75, 3.05) is 11.1 Å². The maximum atomic E-state index is 13.4. The lowest BCUT2D eigenvalue weighted by Gasteiger charge is -2.15. The van der Waals surface area contributed by atoms with Crippen LogP contribution in [-0.4, -0.2) is 26.1 Å². The van der Waals surface area contributed by atoms with Crippen LogP contribution in [0.25, 0.3) is 16.6 Å². The second-order valence-electron chi connectivity index (χ2n) is 7.60. The summed E-state index contributed by atoms with van der Waals surface area (Å²) in [6.45, 7) is 3.91. The van der Waals surface area contributed by atoms with Crippen molar-refractivity contribution in [2.24, 2.45) is 0 Å². The molecule has 172 valence electrons. The number of rotatable bonds is 6. The van der Waals surface area contributed by atoms with Crippen molar-refractivity contribution < 1.29 is 9.72 Å². The van der Waals surface area contributed by atoms with Crippen molar-refractivity contribution in [2.45, 2.75) is 19.0 Å². The summed E-state index contributed by atoms with van der Waals surface area (Å²) in [7, 11) is 0. The van der Waals surface area contributed by atoms with E-state index in [4.69, 9.17) is 0 Å². The number of carbonyl (C=O) groups excluding carboxylic acids is 1. The Labute approximate surface area is 207 Å². The van der Waals surface area contributed by atoms with Gasteiger partial charge in [0, 0.05) is 16.6 Å². The predicted molar refractivity (Wildman–Crippen MR) is 137 cm³/mol. The van der Waals surface area contributed by atoms with Gasteiger partial charge in [0.25, 0.3) is 11.2 Å². The minimum atomic E-state index is -0.510. The third-order valence-corrected chi connectivity index (χ3v) is 6.70. The summed E-state index contributed by atoms with van der Waals surface area (Å²) in [4.78, 5) is 41.1. The molecule has 4 rings (SSSR count). The van der Waals surface area contributed by atoms with Crippen LogP contribution in [0.5, 0.6) is 0 Å². The molecule has 3 aromatic carbocycles. The first-order valence-electron chi connectivity index (χ1n) is 10.2. The van der Waals surface area contributed by atoms with Crippen molar-refractivity contribution in [1.82, 2.24) is 9.55 Å². The molecule has 0 saturated heterocycles. The van der Waals surface area contributed by atoms with Crippen molar-refractivity contribution in [3.8, 4) is 5.69 Å². The van der Waals surface area contributed by atoms with Gasteiger partial charge in [0.2, 0.25) is 5.91 Å². The molecule has 1 amide bonds. The maximum Gasteiger partial charge on any atom is 0.270 e. The van der Waals surface area contributed by atoms with E-state index >= 15 is 0 Å². The molecule has 0 aliphatic carbocycles. The van der Waals surface area contributed by atoms with Crippen molar-refractivity contribution in [3.05, 3.63) is 96.7 Å². The van der Waals surface area contributed by atoms with E-state index in [0.717, 1.165) is 22.9 Å². The van der Waals surface area contributed by atoms with Gasteiger partial charge in [-0.2, -0.15) is 0 Å². The number of hydrogen-bond donors (Lipinski definition) is 1. The van der Waals surface area contributed by atoms with Crippen molar-refractivity contribution in [3.63, 3.8) is 0 Å². The molecule has 0 spiro atoms. The number of halogens is 1. The first-order chi connectivity index (χ1) is 16.2. The molecule has 0 aliphatic heterocycles. The molecular weight excluding hydrogens is 520 g/mol. The van der Waals surface area contributed by atoms with Crippen LogP contribution in [0.3, 0.4) is 0 Å². The molecular formula is C24H19BrN4O4S. The molecule has 0 unspecified atom stereocenters. The normalized spacial score (nSPS) is 10.9. The number of nitrogens with one attached hydrogen (secondary N) is 1. The molecule has 0 saturated carbocycles. The topological polar surface area (TPSA) is 107 Å². The Morgan fingerprint density at radius 2 is 1.91 bits per heavy atom. The number of benzene rings is 3. The highest BCUT2D eigenvalue weighted by Gasteiger charge is 2.17. The number of nitro benzene ring substituents is 1. The van der Waals surface area contributed by atoms with Crippen LogP contribution in [0.1, 0.15) is 11.1 Å². The highest BCUT2D eigenvalue weighted by atomic mass is 79.9. The summed E-state index contributed by atoms with van der Waals surface area (Å²) in [6, 6.07) is 17.0. The van der Waals surface area contributed by atoms with Gasteiger partial charge in [-0.3, -0.25) is 24.3 Å². The third kappa shape index (κ3) is 4.87. The van der Waals surface area contributed by atoms with E-state index in [-0.39, 0.29) is 22.9 Å². The van der Waals surface area contributed by atoms with Gasteiger partial charge in [0.15, 0.2) is 5.16 Å². The molecule has 34 heavy (non-hydrogen) atoms. The van der Waals surface area contributed by atoms with Crippen LogP contribution in [-0.2, 0) is 4.79 Å². The highest BCUT2D eigenvalue weighted by Crippen LogP contribution is 2.28. The molecule has 10 heteroatoms. The lowest BCUT2D eigenvalue weighted by atomic mass is 10.1. The van der Waals surface area contributed by atoms with Crippen molar-refractivity contribution in [1.29, 1.82) is 0 Å². The minimum Gasteiger partial charge on any atom is -0.324 e. The van der Waals surface area contributed by atoms with Crippen LogP contribution in [0.4, 0.5) is 11.4 Å². The van der Waals surface area contributed by atoms with E-state index in [9.17, 15) is 19.7 Å². The second-order valence-corrected chi connectivity index (χ2v) is 9.40. The van der Waals surface area contributed by atoms with Gasteiger partial charge in [-0.15, -0.1) is 0 Å². The number of non-ortho nitro benzene ring substituents is 1. The first-order valence-corrected chi connectivity index (χ1v) is 12.0. The zero-order chi connectivity index (χ0) is 24.4. The summed E-state index contributed by atoms with van der Waals surface area (Å²) >= 11 is 4.39. The Kier molecular flexibility index (Phi) is 6.80. The fourth-order valence-corrected chi connectivity index (χ4v) is 4.78. The van der Waals surface area contributed by atoms with Crippen molar-refractivity contribution >= 4 is 55.9 Å². The molecule has 0 bridgehead atoms. The van der Waals surface area contributed by atoms with E-state index < -0.39 is 4.92 Å². The van der Waals surface area contributed by atoms with Gasteiger partial charge in [-0.05, 0) is 59.6 Å². The smallest absolute Gasteiger partial charge is 0.270 e. The fourth-order valence-electron chi connectivity index (χ4n) is 3.51. The van der Waals surface area contributed by atoms with Gasteiger partial charge in [-0.1, -0.05) is 41.6 Å². The number of hydrogen-bond acceptors (Lipinski definition) is 6. The number of thioether (sulfide) groups is 1. The standard InChI is InChI=1S/C24H19BrN4O4S/c1-14-7-10-21(15(2)11-14)28-23(31)17-5-3-4-6-19(17)27-24(28)34-13-22(30)26-20-9-8-16(29(32)33)12-18(20)25/h3-12H,13H2,1-2H3,(H,26,30). The van der Waals surface area contributed by atoms with E-state index in [2.05, 4.69) is 26.2 Å². The number of fused-ring (bicyclic) bond motifs is 1. The summed E-state index contributed by atoms with van der Waals surface area (Å²) in [5.41, 5.74) is 3.36. The molecule has 0 radical (unpaired) electrons. The first kappa shape index (κ1) is 23.7. The molecule has 0 atom stereocenters. The zero-order valence-corrected chi connectivity index (χ0v) is 20.6. The number of amides is 1. The summed E-state index contributed by atoms with van der Waals surface area (Å²) in [6.07, 6.45) is 0. The summed E-state index contributed by atoms with van der Waals surface area (Å²) in [5, 5.41) is 14.5. The third-order valence-electron chi connectivity index (χ3n) is 5.11. The SMILES string of the molecule is Cc1ccc(-n2c(SCC(=O)Nc3ccc([N+](=O)[O-])cc3Br)nc3ccccc3c2=O)c(C)c1. The van der Waals surface area contributed by atoms with Gasteiger partial charge < -0.3 is 5.32 Å². The Morgan fingerprint density at radius 1 is 1.15 bits per heavy atom. The molecule has 0 aliphatic rings. The molecule has 1 aromatic heterocycles. The molecule has 4 aromatic rings. The van der Waals surface area contributed by atoms with Gasteiger partial charge >= 0.3 is 0 Å². The Hall–Kier alpha value is -3.50. The lowest BCUT2D eigenvalue weighted by Crippen LogP contribution is -2.23. The van der Waals surface area contributed by atoms with Crippen LogP contribution in [0.15, 0.2) is 75.1 Å². The largest absolute Gasteiger partial charge is 0.324 e. The molecule has 0 fully saturated rings. The number of aromatic nitrogens is 2. The van der Waals surface area contributed by atoms with Crippen LogP contribution in [0.2, 0.25) is 0 Å². The molecule has 1 heterocycles. The number of nitro groups is 1. The number of anilines is 1. The van der Waals surface area contributed by atoms with E-state index in [0.29, 0.717) is 31.9 Å². The van der Waals surface area contributed by atoms with Gasteiger partial charge in [0.05, 0.1) is 33.0 Å². The number of para-hydroxylation sites is 1. The Morgan fingerprint density at radius 3 is 2.62 bits per heavy atom. The molecule has 8 nitrogen and oxygen atoms in total. The van der Waals surface area contributed by atoms with Crippen LogP contribution in [0, 0.1) is 24.0 Å². The van der Waals surface area contributed by atoms with E-state index in [1.807, 2.05) is 38.1 Å². The van der Waals surface area contributed by atoms with E-state index in [1.54, 1.807) is 18.2 Å². The van der Waals surface area contributed by atoms with Crippen LogP contribution >= 0.6 is 27.7 Å². The van der Waals surface area contributed by atoms with Crippen LogP contribution < -0.4 is 10.9 Å². The second kappa shape index (κ2) is 9.78. The quantitative estimate of drug-likeness (QED) is 0.152. The number of carbonyl (C=O) groups is 1. The highest BCUT2D eigenvalue weighted by molar-refractivity contribution is 9.10. The maximum absolute atomic E-state index is 13.4. The molecule has 1 N–H and O–H groups in total. The summed E-state index contributed by atoms with van der Waals surface area (Å²) < 4.78 is 1.94. The Bertz CT molecular complexity index is 1500. The van der Waals surface area contributed by atoms with Gasteiger partial charge in [0.1, 0.15) is 0 Å². The van der Waals surface area contributed by atoms with Gasteiger partial charge in [-0.25, -0.2) is 4.98 Å². The number of nitrogens with zero attached hydrogens (tertiary/aromatic N) is 3. The van der Waals surface area contributed by atoms with E-state index in [1.165, 1.54) is 22.8 Å². The average molecular weight is 539 g/mol. The lowest BCUT2D eigenvalue weighted by molar-refractivity contribution is -0.384. The predicted octanol–water partition coefficient (Wildman–Crippen LogP) is 5.40. The zero-order valence-electron chi connectivity index (χ0n) is 18.2. The fraction of sp³-hybridized carbons (Fsp3) is 0.125. The average Bonchev–Trinajstić information content (AvgIpc) is 2.80. The summed E-state index contributed by atoms with van der Waals surface area (Å²) in [5.74, 6) is -0.354. The minimum absolute atomic E-state index is 0.0148. The monoisotopic (exact) mass is 538 g/mol. The Balaban J connectivity index is 1.66.